The lowest BCUT2D eigenvalue weighted by Gasteiger charge is -2.14. The Morgan fingerprint density at radius 1 is 1.20 bits per heavy atom. The molecule has 0 aliphatic carbocycles. The molecule has 3 rings (SSSR count). The van der Waals surface area contributed by atoms with Crippen LogP contribution in [0.5, 0.6) is 5.75 Å². The standard InChI is InChI=1S/C17H15ClN2O4S/c18-13-5-6-14(12-4-2-1-3-11(12)13)24-9-15(21)19-7-8-20-16(22)10-25-17(20)23/h1-6H,7-10H2,(H,19,21). The number of hydrogen-bond acceptors (Lipinski definition) is 5. The summed E-state index contributed by atoms with van der Waals surface area (Å²) < 4.78 is 5.58. The highest BCUT2D eigenvalue weighted by Gasteiger charge is 2.29. The Labute approximate surface area is 153 Å². The van der Waals surface area contributed by atoms with Crippen molar-refractivity contribution < 1.29 is 19.1 Å². The third kappa shape index (κ3) is 4.05. The Hall–Kier alpha value is -2.25. The van der Waals surface area contributed by atoms with Gasteiger partial charge in [-0.1, -0.05) is 47.6 Å². The second-order valence-electron chi connectivity index (χ2n) is 5.33. The number of amides is 3. The summed E-state index contributed by atoms with van der Waals surface area (Å²) in [6.07, 6.45) is 0. The fourth-order valence-corrected chi connectivity index (χ4v) is 3.44. The molecule has 0 saturated carbocycles. The number of hydrogen-bond donors (Lipinski definition) is 1. The first kappa shape index (κ1) is 17.6. The van der Waals surface area contributed by atoms with Gasteiger partial charge in [-0.15, -0.1) is 0 Å². The topological polar surface area (TPSA) is 75.7 Å². The molecule has 1 aliphatic rings. The van der Waals surface area contributed by atoms with Crippen molar-refractivity contribution in [1.29, 1.82) is 0 Å². The SMILES string of the molecule is O=C(COc1ccc(Cl)c2ccccc12)NCCN1C(=O)CSC1=O. The Bertz CT molecular complexity index is 827. The molecular weight excluding hydrogens is 364 g/mol. The normalized spacial score (nSPS) is 14.2. The highest BCUT2D eigenvalue weighted by atomic mass is 35.5. The molecule has 0 spiro atoms. The van der Waals surface area contributed by atoms with Gasteiger partial charge in [0.15, 0.2) is 6.61 Å². The minimum atomic E-state index is -0.328. The lowest BCUT2D eigenvalue weighted by atomic mass is 10.1. The average Bonchev–Trinajstić information content (AvgIpc) is 2.93. The van der Waals surface area contributed by atoms with Gasteiger partial charge in [0, 0.05) is 28.9 Å². The summed E-state index contributed by atoms with van der Waals surface area (Å²) in [5, 5.41) is 4.66. The number of halogens is 1. The molecule has 0 radical (unpaired) electrons. The summed E-state index contributed by atoms with van der Waals surface area (Å²) in [7, 11) is 0. The molecule has 2 aromatic rings. The van der Waals surface area contributed by atoms with Gasteiger partial charge in [-0.3, -0.25) is 19.3 Å². The largest absolute Gasteiger partial charge is 0.483 e. The number of thioether (sulfide) groups is 1. The summed E-state index contributed by atoms with van der Waals surface area (Å²) in [5.41, 5.74) is 0. The van der Waals surface area contributed by atoms with E-state index in [2.05, 4.69) is 5.32 Å². The van der Waals surface area contributed by atoms with Crippen LogP contribution in [-0.2, 0) is 9.59 Å². The Morgan fingerprint density at radius 3 is 2.68 bits per heavy atom. The highest BCUT2D eigenvalue weighted by molar-refractivity contribution is 8.14. The number of benzene rings is 2. The monoisotopic (exact) mass is 378 g/mol. The van der Waals surface area contributed by atoms with Crippen LogP contribution in [0.1, 0.15) is 0 Å². The maximum Gasteiger partial charge on any atom is 0.288 e. The number of ether oxygens (including phenoxy) is 1. The summed E-state index contributed by atoms with van der Waals surface area (Å²) in [4.78, 5) is 35.9. The van der Waals surface area contributed by atoms with Crippen molar-refractivity contribution in [1.82, 2.24) is 10.2 Å². The number of nitrogens with zero attached hydrogens (tertiary/aromatic N) is 1. The minimum absolute atomic E-state index is 0.164. The zero-order valence-electron chi connectivity index (χ0n) is 13.2. The molecular formula is C17H15ClN2O4S. The Morgan fingerprint density at radius 2 is 1.96 bits per heavy atom. The predicted octanol–water partition coefficient (Wildman–Crippen LogP) is 2.68. The third-order valence-electron chi connectivity index (χ3n) is 3.69. The second kappa shape index (κ2) is 7.76. The molecule has 0 atom stereocenters. The van der Waals surface area contributed by atoms with Gasteiger partial charge < -0.3 is 10.1 Å². The molecule has 25 heavy (non-hydrogen) atoms. The van der Waals surface area contributed by atoms with Crippen LogP contribution >= 0.6 is 23.4 Å². The Kier molecular flexibility index (Phi) is 5.45. The van der Waals surface area contributed by atoms with Crippen molar-refractivity contribution in [2.75, 3.05) is 25.4 Å². The van der Waals surface area contributed by atoms with Crippen LogP contribution in [0.15, 0.2) is 36.4 Å². The molecule has 1 fully saturated rings. The van der Waals surface area contributed by atoms with Crippen molar-refractivity contribution in [3.63, 3.8) is 0 Å². The van der Waals surface area contributed by atoms with Crippen LogP contribution in [0.2, 0.25) is 5.02 Å². The molecule has 3 amide bonds. The van der Waals surface area contributed by atoms with Crippen molar-refractivity contribution in [2.45, 2.75) is 0 Å². The van der Waals surface area contributed by atoms with Gasteiger partial charge in [-0.2, -0.15) is 0 Å². The molecule has 0 bridgehead atoms. The summed E-state index contributed by atoms with van der Waals surface area (Å²) >= 11 is 7.12. The van der Waals surface area contributed by atoms with E-state index < -0.39 is 0 Å². The Balaban J connectivity index is 1.52. The lowest BCUT2D eigenvalue weighted by molar-refractivity contribution is -0.126. The molecule has 8 heteroatoms. The van der Waals surface area contributed by atoms with E-state index in [0.717, 1.165) is 27.4 Å². The number of imide groups is 1. The van der Waals surface area contributed by atoms with Gasteiger partial charge in [-0.25, -0.2) is 0 Å². The maximum atomic E-state index is 11.9. The van der Waals surface area contributed by atoms with Gasteiger partial charge in [0.2, 0.25) is 5.91 Å². The number of rotatable bonds is 6. The predicted molar refractivity (Wildman–Crippen MR) is 97.0 cm³/mol. The van der Waals surface area contributed by atoms with E-state index in [1.807, 2.05) is 24.3 Å². The molecule has 1 aliphatic heterocycles. The van der Waals surface area contributed by atoms with E-state index in [-0.39, 0.29) is 42.5 Å². The van der Waals surface area contributed by atoms with E-state index in [9.17, 15) is 14.4 Å². The van der Waals surface area contributed by atoms with Crippen molar-refractivity contribution in [3.05, 3.63) is 41.4 Å². The van der Waals surface area contributed by atoms with Gasteiger partial charge in [-0.05, 0) is 12.1 Å². The molecule has 0 aromatic heterocycles. The third-order valence-corrected chi connectivity index (χ3v) is 4.88. The molecule has 6 nitrogen and oxygen atoms in total. The van der Waals surface area contributed by atoms with E-state index in [0.29, 0.717) is 10.8 Å². The van der Waals surface area contributed by atoms with Crippen LogP contribution in [0.25, 0.3) is 10.8 Å². The van der Waals surface area contributed by atoms with Crippen LogP contribution in [0, 0.1) is 0 Å². The van der Waals surface area contributed by atoms with E-state index in [1.165, 1.54) is 0 Å². The van der Waals surface area contributed by atoms with Crippen LogP contribution in [0.4, 0.5) is 4.79 Å². The van der Waals surface area contributed by atoms with E-state index in [1.54, 1.807) is 12.1 Å². The molecule has 1 saturated heterocycles. The molecule has 1 heterocycles. The molecule has 0 unspecified atom stereocenters. The number of fused-ring (bicyclic) bond motifs is 1. The van der Waals surface area contributed by atoms with Gasteiger partial charge in [0.25, 0.3) is 11.1 Å². The lowest BCUT2D eigenvalue weighted by Crippen LogP contribution is -2.38. The number of nitrogens with one attached hydrogen (secondary N) is 1. The van der Waals surface area contributed by atoms with Crippen LogP contribution in [0.3, 0.4) is 0 Å². The fraction of sp³-hybridized carbons (Fsp3) is 0.235. The van der Waals surface area contributed by atoms with Crippen LogP contribution in [-0.4, -0.2) is 47.4 Å². The van der Waals surface area contributed by atoms with Gasteiger partial charge >= 0.3 is 0 Å². The summed E-state index contributed by atoms with van der Waals surface area (Å²) in [6.45, 7) is 0.199. The first-order chi connectivity index (χ1) is 12.1. The van der Waals surface area contributed by atoms with Gasteiger partial charge in [0.05, 0.1) is 5.75 Å². The fourth-order valence-electron chi connectivity index (χ4n) is 2.46. The molecule has 2 aromatic carbocycles. The van der Waals surface area contributed by atoms with E-state index >= 15 is 0 Å². The zero-order chi connectivity index (χ0) is 17.8. The zero-order valence-corrected chi connectivity index (χ0v) is 14.7. The minimum Gasteiger partial charge on any atom is -0.483 e. The highest BCUT2D eigenvalue weighted by Crippen LogP contribution is 2.31. The summed E-state index contributed by atoms with van der Waals surface area (Å²) in [6, 6.07) is 10.9. The number of carbonyl (C=O) groups excluding carboxylic acids is 3. The van der Waals surface area contributed by atoms with Crippen molar-refractivity contribution >= 4 is 51.2 Å². The molecule has 1 N–H and O–H groups in total. The van der Waals surface area contributed by atoms with Gasteiger partial charge in [0.1, 0.15) is 5.75 Å². The second-order valence-corrected chi connectivity index (χ2v) is 6.66. The quantitative estimate of drug-likeness (QED) is 0.836. The number of carbonyl (C=O) groups is 3. The van der Waals surface area contributed by atoms with Crippen LogP contribution < -0.4 is 10.1 Å². The summed E-state index contributed by atoms with van der Waals surface area (Å²) in [5.74, 6) is 0.176. The van der Waals surface area contributed by atoms with Crippen molar-refractivity contribution in [2.24, 2.45) is 0 Å². The van der Waals surface area contributed by atoms with Crippen molar-refractivity contribution in [3.8, 4) is 5.75 Å². The maximum absolute atomic E-state index is 11.9. The first-order valence-corrected chi connectivity index (χ1v) is 8.96. The molecule has 130 valence electrons. The first-order valence-electron chi connectivity index (χ1n) is 7.60. The van der Waals surface area contributed by atoms with E-state index in [4.69, 9.17) is 16.3 Å². The average molecular weight is 379 g/mol. The smallest absolute Gasteiger partial charge is 0.288 e.